The van der Waals surface area contributed by atoms with Gasteiger partial charge < -0.3 is 20.4 Å². The van der Waals surface area contributed by atoms with Crippen LogP contribution in [0.15, 0.2) is 29.6 Å². The molecule has 0 atom stereocenters. The molecule has 166 valence electrons. The monoisotopic (exact) mass is 442 g/mol. The highest BCUT2D eigenvalue weighted by molar-refractivity contribution is 6.33. The Balaban J connectivity index is 1.40. The fraction of sp³-hybridized carbons (Fsp3) is 0.565. The second kappa shape index (κ2) is 10.9. The molecule has 1 aliphatic carbocycles. The van der Waals surface area contributed by atoms with Gasteiger partial charge in [0.1, 0.15) is 11.6 Å². The fourth-order valence-corrected chi connectivity index (χ4v) is 4.58. The van der Waals surface area contributed by atoms with E-state index in [0.717, 1.165) is 74.9 Å². The molecule has 2 fully saturated rings. The van der Waals surface area contributed by atoms with Crippen molar-refractivity contribution in [2.24, 2.45) is 16.8 Å². The summed E-state index contributed by atoms with van der Waals surface area (Å²) in [5.41, 5.74) is 1.58. The smallest absolute Gasteiger partial charge is 0.145 e. The first kappa shape index (κ1) is 22.0. The van der Waals surface area contributed by atoms with Gasteiger partial charge in [-0.05, 0) is 63.1 Å². The zero-order chi connectivity index (χ0) is 21.5. The maximum Gasteiger partial charge on any atom is 0.145 e. The van der Waals surface area contributed by atoms with E-state index in [1.54, 1.807) is 18.6 Å². The summed E-state index contributed by atoms with van der Waals surface area (Å²) in [5.74, 6) is 2.86. The van der Waals surface area contributed by atoms with Crippen molar-refractivity contribution in [1.29, 1.82) is 0 Å². The Kier molecular flexibility index (Phi) is 7.70. The number of anilines is 2. The van der Waals surface area contributed by atoms with Gasteiger partial charge in [0.25, 0.3) is 0 Å². The lowest BCUT2D eigenvalue weighted by atomic mass is 9.86. The number of halogens is 1. The largest absolute Gasteiger partial charge is 0.381 e. The molecule has 0 radical (unpaired) electrons. The van der Waals surface area contributed by atoms with Gasteiger partial charge in [-0.25, -0.2) is 9.97 Å². The lowest BCUT2D eigenvalue weighted by Crippen LogP contribution is -2.27. The molecule has 0 unspecified atom stereocenters. The fourth-order valence-electron chi connectivity index (χ4n) is 4.38. The number of nitrogens with zero attached hydrogens (tertiary/aromatic N) is 4. The van der Waals surface area contributed by atoms with E-state index >= 15 is 0 Å². The molecule has 8 heteroatoms. The molecule has 0 aromatic carbocycles. The average Bonchev–Trinajstić information content (AvgIpc) is 2.81. The molecule has 0 amide bonds. The summed E-state index contributed by atoms with van der Waals surface area (Å²) in [6.45, 7) is 7.05. The molecule has 2 aromatic rings. The third-order valence-electron chi connectivity index (χ3n) is 6.26. The van der Waals surface area contributed by atoms with Crippen LogP contribution in [0, 0.1) is 11.8 Å². The SMILES string of the molecule is C=NCC1CCC(Nc2cc(-c3cncc(NCC4CCOCC4)n3)c(Cl)cn2)CC1. The van der Waals surface area contributed by atoms with Gasteiger partial charge in [-0.15, -0.1) is 0 Å². The molecular weight excluding hydrogens is 412 g/mol. The van der Waals surface area contributed by atoms with E-state index in [2.05, 4.69) is 32.3 Å². The van der Waals surface area contributed by atoms with E-state index in [4.69, 9.17) is 21.3 Å². The van der Waals surface area contributed by atoms with Crippen LogP contribution < -0.4 is 10.6 Å². The molecular formula is C23H31ClN6O. The predicted molar refractivity (Wildman–Crippen MR) is 126 cm³/mol. The topological polar surface area (TPSA) is 84.3 Å². The van der Waals surface area contributed by atoms with Crippen LogP contribution in [-0.2, 0) is 4.74 Å². The Labute approximate surface area is 189 Å². The number of aliphatic imine (C=N–C) groups is 1. The zero-order valence-electron chi connectivity index (χ0n) is 17.9. The Morgan fingerprint density at radius 3 is 2.61 bits per heavy atom. The number of aromatic nitrogens is 3. The van der Waals surface area contributed by atoms with E-state index < -0.39 is 0 Å². The van der Waals surface area contributed by atoms with Gasteiger partial charge in [0.2, 0.25) is 0 Å². The van der Waals surface area contributed by atoms with Crippen LogP contribution >= 0.6 is 11.6 Å². The van der Waals surface area contributed by atoms with Crippen LogP contribution in [0.4, 0.5) is 11.6 Å². The Hall–Kier alpha value is -2.25. The molecule has 0 bridgehead atoms. The van der Waals surface area contributed by atoms with Crippen molar-refractivity contribution >= 4 is 30.0 Å². The summed E-state index contributed by atoms with van der Waals surface area (Å²) < 4.78 is 5.43. The van der Waals surface area contributed by atoms with Crippen molar-refractivity contribution < 1.29 is 4.74 Å². The average molecular weight is 443 g/mol. The normalized spacial score (nSPS) is 22.1. The molecule has 2 aliphatic rings. The summed E-state index contributed by atoms with van der Waals surface area (Å²) in [5, 5.41) is 7.57. The first-order chi connectivity index (χ1) is 15.2. The van der Waals surface area contributed by atoms with E-state index in [-0.39, 0.29) is 0 Å². The molecule has 0 spiro atoms. The van der Waals surface area contributed by atoms with Crippen molar-refractivity contribution in [1.82, 2.24) is 15.0 Å². The number of hydrogen-bond acceptors (Lipinski definition) is 7. The lowest BCUT2D eigenvalue weighted by Gasteiger charge is -2.28. The van der Waals surface area contributed by atoms with Gasteiger partial charge >= 0.3 is 0 Å². The van der Waals surface area contributed by atoms with Crippen LogP contribution in [-0.4, -0.2) is 54.0 Å². The molecule has 2 aromatic heterocycles. The van der Waals surface area contributed by atoms with Crippen LogP contribution in [0.5, 0.6) is 0 Å². The first-order valence-corrected chi connectivity index (χ1v) is 11.6. The van der Waals surface area contributed by atoms with E-state index in [0.29, 0.717) is 22.9 Å². The highest BCUT2D eigenvalue weighted by Crippen LogP contribution is 2.31. The van der Waals surface area contributed by atoms with E-state index in [9.17, 15) is 0 Å². The lowest BCUT2D eigenvalue weighted by molar-refractivity contribution is 0.0699. The third-order valence-corrected chi connectivity index (χ3v) is 6.57. The minimum atomic E-state index is 0.418. The minimum absolute atomic E-state index is 0.418. The molecule has 1 saturated heterocycles. The molecule has 1 saturated carbocycles. The summed E-state index contributed by atoms with van der Waals surface area (Å²) in [4.78, 5) is 17.7. The van der Waals surface area contributed by atoms with Crippen molar-refractivity contribution in [3.8, 4) is 11.3 Å². The Bertz CT molecular complexity index is 865. The van der Waals surface area contributed by atoms with E-state index in [1.165, 1.54) is 12.8 Å². The highest BCUT2D eigenvalue weighted by Gasteiger charge is 2.21. The quantitative estimate of drug-likeness (QED) is 0.576. The second-order valence-electron chi connectivity index (χ2n) is 8.54. The number of nitrogens with one attached hydrogen (secondary N) is 2. The highest BCUT2D eigenvalue weighted by atomic mass is 35.5. The molecule has 1 aliphatic heterocycles. The van der Waals surface area contributed by atoms with Crippen molar-refractivity contribution in [3.63, 3.8) is 0 Å². The van der Waals surface area contributed by atoms with Gasteiger partial charge in [-0.3, -0.25) is 4.98 Å². The van der Waals surface area contributed by atoms with Crippen LogP contribution in [0.3, 0.4) is 0 Å². The molecule has 31 heavy (non-hydrogen) atoms. The molecule has 7 nitrogen and oxygen atoms in total. The Morgan fingerprint density at radius 1 is 1.03 bits per heavy atom. The second-order valence-corrected chi connectivity index (χ2v) is 8.95. The molecule has 4 rings (SSSR count). The Morgan fingerprint density at radius 2 is 1.84 bits per heavy atom. The number of hydrogen-bond donors (Lipinski definition) is 2. The van der Waals surface area contributed by atoms with Gasteiger partial charge in [0.15, 0.2) is 0 Å². The van der Waals surface area contributed by atoms with Crippen LogP contribution in [0.2, 0.25) is 5.02 Å². The van der Waals surface area contributed by atoms with Gasteiger partial charge in [0.05, 0.1) is 23.1 Å². The van der Waals surface area contributed by atoms with Gasteiger partial charge in [-0.1, -0.05) is 11.6 Å². The van der Waals surface area contributed by atoms with Gasteiger partial charge in [0, 0.05) is 44.1 Å². The van der Waals surface area contributed by atoms with Crippen LogP contribution in [0.25, 0.3) is 11.3 Å². The number of ether oxygens (including phenoxy) is 1. The van der Waals surface area contributed by atoms with Gasteiger partial charge in [-0.2, -0.15) is 0 Å². The standard InChI is InChI=1S/C23H31ClN6O/c1-25-11-16-2-4-18(5-3-16)29-22-10-19(20(24)13-28-22)21-14-26-15-23(30-21)27-12-17-6-8-31-9-7-17/h10,13-18H,1-9,11-12H2,(H,27,30)(H,28,29). The number of rotatable bonds is 8. The first-order valence-electron chi connectivity index (χ1n) is 11.2. The third kappa shape index (κ3) is 6.14. The molecule has 2 N–H and O–H groups in total. The van der Waals surface area contributed by atoms with Crippen LogP contribution in [0.1, 0.15) is 38.5 Å². The summed E-state index contributed by atoms with van der Waals surface area (Å²) in [6, 6.07) is 2.40. The van der Waals surface area contributed by atoms with Crippen molar-refractivity contribution in [3.05, 3.63) is 29.7 Å². The predicted octanol–water partition coefficient (Wildman–Crippen LogP) is 4.70. The zero-order valence-corrected chi connectivity index (χ0v) is 18.7. The van der Waals surface area contributed by atoms with Crippen molar-refractivity contribution in [2.75, 3.05) is 36.9 Å². The summed E-state index contributed by atoms with van der Waals surface area (Å²) in [7, 11) is 0. The molecule has 3 heterocycles. The van der Waals surface area contributed by atoms with E-state index in [1.807, 2.05) is 6.07 Å². The minimum Gasteiger partial charge on any atom is -0.381 e. The maximum absolute atomic E-state index is 6.47. The van der Waals surface area contributed by atoms with Crippen molar-refractivity contribution in [2.45, 2.75) is 44.6 Å². The number of pyridine rings is 1. The summed E-state index contributed by atoms with van der Waals surface area (Å²) in [6.07, 6.45) is 11.9. The maximum atomic E-state index is 6.47. The summed E-state index contributed by atoms with van der Waals surface area (Å²) >= 11 is 6.47.